The third-order valence-corrected chi connectivity index (χ3v) is 5.87. The molecule has 0 atom stereocenters. The summed E-state index contributed by atoms with van der Waals surface area (Å²) >= 11 is 0. The predicted molar refractivity (Wildman–Crippen MR) is 118 cm³/mol. The van der Waals surface area contributed by atoms with Gasteiger partial charge < -0.3 is 0 Å². The Morgan fingerprint density at radius 3 is 2.23 bits per heavy atom. The number of hydrogen-bond acceptors (Lipinski definition) is 1. The van der Waals surface area contributed by atoms with Gasteiger partial charge in [-0.05, 0) is 59.5 Å². The van der Waals surface area contributed by atoms with Crippen LogP contribution in [0.4, 0.5) is 13.2 Å². The number of rotatable bonds is 1. The van der Waals surface area contributed by atoms with Crippen LogP contribution in [-0.4, -0.2) is 4.98 Å². The molecule has 5 heteroatoms. The number of benzene rings is 4. The molecule has 5 rings (SSSR count). The van der Waals surface area contributed by atoms with E-state index < -0.39 is 11.7 Å². The summed E-state index contributed by atoms with van der Waals surface area (Å²) in [6.45, 7) is 4.07. The van der Waals surface area contributed by atoms with Crippen LogP contribution >= 0.6 is 0 Å². The maximum atomic E-state index is 12.9. The Balaban J connectivity index is 1.84. The molecule has 0 radical (unpaired) electrons. The minimum absolute atomic E-state index is 0.642. The summed E-state index contributed by atoms with van der Waals surface area (Å²) in [7, 11) is 2.03. The van der Waals surface area contributed by atoms with Gasteiger partial charge in [-0.2, -0.15) is 17.7 Å². The molecule has 1 heterocycles. The monoisotopic (exact) mass is 417 g/mol. The van der Waals surface area contributed by atoms with E-state index >= 15 is 0 Å². The van der Waals surface area contributed by atoms with Crippen molar-refractivity contribution in [2.45, 2.75) is 20.0 Å². The lowest BCUT2D eigenvalue weighted by atomic mass is 9.93. The van der Waals surface area contributed by atoms with Crippen LogP contribution < -0.4 is 4.57 Å². The number of hydrogen-bond donors (Lipinski definition) is 0. The van der Waals surface area contributed by atoms with Gasteiger partial charge in [0, 0.05) is 5.39 Å². The highest BCUT2D eigenvalue weighted by atomic mass is 19.4. The van der Waals surface area contributed by atoms with E-state index in [1.54, 1.807) is 0 Å². The van der Waals surface area contributed by atoms with E-state index in [-0.39, 0.29) is 0 Å². The van der Waals surface area contributed by atoms with Crippen LogP contribution in [0.1, 0.15) is 16.8 Å². The first-order valence-electron chi connectivity index (χ1n) is 10.0. The van der Waals surface area contributed by atoms with E-state index in [2.05, 4.69) is 29.7 Å². The van der Waals surface area contributed by atoms with Crippen molar-refractivity contribution in [1.82, 2.24) is 4.98 Å². The second kappa shape index (κ2) is 6.77. The van der Waals surface area contributed by atoms with Gasteiger partial charge in [0.2, 0.25) is 5.52 Å². The van der Waals surface area contributed by atoms with E-state index in [4.69, 9.17) is 4.98 Å². The molecule has 0 unspecified atom stereocenters. The predicted octanol–water partition coefficient (Wildman–Crippen LogP) is 6.67. The zero-order valence-electron chi connectivity index (χ0n) is 17.4. The molecule has 0 spiro atoms. The quantitative estimate of drug-likeness (QED) is 0.220. The molecular weight excluding hydrogens is 397 g/mol. The number of aromatic nitrogens is 2. The first-order valence-corrected chi connectivity index (χ1v) is 10.0. The molecule has 0 N–H and O–H groups in total. The highest BCUT2D eigenvalue weighted by molar-refractivity contribution is 6.23. The fourth-order valence-electron chi connectivity index (χ4n) is 4.46. The van der Waals surface area contributed by atoms with Gasteiger partial charge in [-0.15, -0.1) is 0 Å². The van der Waals surface area contributed by atoms with Gasteiger partial charge in [0.1, 0.15) is 18.3 Å². The van der Waals surface area contributed by atoms with Crippen LogP contribution in [-0.2, 0) is 13.2 Å². The average Bonchev–Trinajstić information content (AvgIpc) is 2.73. The minimum atomic E-state index is -4.34. The Labute approximate surface area is 177 Å². The maximum absolute atomic E-state index is 12.9. The average molecular weight is 417 g/mol. The normalized spacial score (nSPS) is 12.2. The van der Waals surface area contributed by atoms with Crippen LogP contribution in [0, 0.1) is 13.8 Å². The van der Waals surface area contributed by atoms with Crippen LogP contribution in [0.5, 0.6) is 0 Å². The van der Waals surface area contributed by atoms with Crippen LogP contribution in [0.3, 0.4) is 0 Å². The fourth-order valence-corrected chi connectivity index (χ4v) is 4.46. The summed E-state index contributed by atoms with van der Waals surface area (Å²) in [5, 5.41) is 4.33. The van der Waals surface area contributed by atoms with Gasteiger partial charge in [0.25, 0.3) is 0 Å². The topological polar surface area (TPSA) is 16.8 Å². The van der Waals surface area contributed by atoms with Crippen molar-refractivity contribution in [3.05, 3.63) is 83.7 Å². The summed E-state index contributed by atoms with van der Waals surface area (Å²) in [5.41, 5.74) is 5.07. The molecule has 0 fully saturated rings. The van der Waals surface area contributed by atoms with Crippen molar-refractivity contribution < 1.29 is 17.7 Å². The highest BCUT2D eigenvalue weighted by Crippen LogP contribution is 2.37. The lowest BCUT2D eigenvalue weighted by Crippen LogP contribution is -2.30. The Morgan fingerprint density at radius 1 is 0.806 bits per heavy atom. The number of fused-ring (bicyclic) bond motifs is 6. The largest absolute Gasteiger partial charge is 0.416 e. The number of halogens is 3. The first kappa shape index (κ1) is 19.5. The molecule has 0 aliphatic carbocycles. The van der Waals surface area contributed by atoms with Gasteiger partial charge in [0.15, 0.2) is 6.20 Å². The molecule has 31 heavy (non-hydrogen) atoms. The molecular formula is C26H20F3N2+. The van der Waals surface area contributed by atoms with E-state index in [1.165, 1.54) is 12.1 Å². The Morgan fingerprint density at radius 2 is 1.52 bits per heavy atom. The van der Waals surface area contributed by atoms with Crippen LogP contribution in [0.25, 0.3) is 43.7 Å². The minimum Gasteiger partial charge on any atom is -0.240 e. The summed E-state index contributed by atoms with van der Waals surface area (Å²) in [6, 6.07) is 17.6. The highest BCUT2D eigenvalue weighted by Gasteiger charge is 2.30. The Bertz CT molecular complexity index is 1480. The Hall–Kier alpha value is -3.47. The van der Waals surface area contributed by atoms with E-state index in [9.17, 15) is 13.2 Å². The van der Waals surface area contributed by atoms with Crippen molar-refractivity contribution in [3.63, 3.8) is 0 Å². The molecule has 1 aromatic heterocycles. The molecule has 2 nitrogen and oxygen atoms in total. The van der Waals surface area contributed by atoms with E-state index in [1.807, 2.05) is 38.4 Å². The van der Waals surface area contributed by atoms with Gasteiger partial charge in [0.05, 0.1) is 10.9 Å². The van der Waals surface area contributed by atoms with Gasteiger partial charge in [-0.25, -0.2) is 4.98 Å². The smallest absolute Gasteiger partial charge is 0.240 e. The zero-order valence-corrected chi connectivity index (χ0v) is 17.4. The number of aryl methyl sites for hydroxylation is 3. The van der Waals surface area contributed by atoms with Crippen molar-refractivity contribution in [2.24, 2.45) is 7.05 Å². The van der Waals surface area contributed by atoms with Crippen molar-refractivity contribution in [1.29, 1.82) is 0 Å². The lowest BCUT2D eigenvalue weighted by Gasteiger charge is -2.12. The first-order chi connectivity index (χ1) is 14.7. The molecule has 0 amide bonds. The summed E-state index contributed by atoms with van der Waals surface area (Å²) in [4.78, 5) is 4.85. The number of alkyl halides is 3. The summed E-state index contributed by atoms with van der Waals surface area (Å²) in [5.74, 6) is 0. The Kier molecular flexibility index (Phi) is 4.26. The second-order valence-corrected chi connectivity index (χ2v) is 8.02. The molecule has 0 aliphatic heterocycles. The van der Waals surface area contributed by atoms with E-state index in [0.29, 0.717) is 0 Å². The van der Waals surface area contributed by atoms with Gasteiger partial charge in [-0.1, -0.05) is 42.5 Å². The summed E-state index contributed by atoms with van der Waals surface area (Å²) < 4.78 is 41.0. The standard InChI is InChI=1S/C26H20F3N2/c1-15-5-4-6-20-22-13-18(17-7-10-19(11-8-17)26(27,28)29)9-12-21(22)24-25(23(15)20)31(3)14-16(2)30-24/h4-14H,1-3H3/q+1. The maximum Gasteiger partial charge on any atom is 0.416 e. The molecule has 4 aromatic carbocycles. The van der Waals surface area contributed by atoms with Crippen molar-refractivity contribution >= 4 is 32.6 Å². The molecule has 0 aliphatic rings. The molecule has 0 saturated heterocycles. The van der Waals surface area contributed by atoms with Crippen molar-refractivity contribution in [3.8, 4) is 11.1 Å². The third kappa shape index (κ3) is 3.12. The SMILES string of the molecule is Cc1c[n+](C)c2c(n1)c1ccc(-c3ccc(C(F)(F)F)cc3)cc1c1cccc(C)c12. The summed E-state index contributed by atoms with van der Waals surface area (Å²) in [6.07, 6.45) is -2.32. The fraction of sp³-hybridized carbons (Fsp3) is 0.154. The van der Waals surface area contributed by atoms with Gasteiger partial charge in [-0.3, -0.25) is 0 Å². The van der Waals surface area contributed by atoms with Crippen LogP contribution in [0.2, 0.25) is 0 Å². The molecule has 5 aromatic rings. The molecule has 0 bridgehead atoms. The molecule has 0 saturated carbocycles. The zero-order chi connectivity index (χ0) is 21.9. The van der Waals surface area contributed by atoms with Gasteiger partial charge >= 0.3 is 6.18 Å². The third-order valence-electron chi connectivity index (χ3n) is 5.87. The lowest BCUT2D eigenvalue weighted by molar-refractivity contribution is -0.644. The van der Waals surface area contributed by atoms with Crippen molar-refractivity contribution in [2.75, 3.05) is 0 Å². The second-order valence-electron chi connectivity index (χ2n) is 8.02. The molecule has 154 valence electrons. The van der Waals surface area contributed by atoms with E-state index in [0.717, 1.165) is 67.1 Å². The van der Waals surface area contributed by atoms with Crippen LogP contribution in [0.15, 0.2) is 66.9 Å². The number of nitrogens with zero attached hydrogens (tertiary/aromatic N) is 2.